The van der Waals surface area contributed by atoms with E-state index < -0.39 is 5.97 Å². The minimum Gasteiger partial charge on any atom is -0.486 e. The fraction of sp³-hybridized carbons (Fsp3) is 0.591. The molecule has 0 atom stereocenters. The zero-order valence-electron chi connectivity index (χ0n) is 17.1. The molecular formula is C22H29NO6. The van der Waals surface area contributed by atoms with Crippen molar-refractivity contribution in [3.63, 3.8) is 0 Å². The van der Waals surface area contributed by atoms with E-state index in [1.165, 1.54) is 0 Å². The second-order valence-electron chi connectivity index (χ2n) is 7.86. The highest BCUT2D eigenvalue weighted by Gasteiger charge is 2.25. The lowest BCUT2D eigenvalue weighted by Gasteiger charge is -2.33. The summed E-state index contributed by atoms with van der Waals surface area (Å²) >= 11 is 0. The number of likely N-dealkylation sites (N-methyl/N-ethyl adjacent to an activating group) is 1. The highest BCUT2D eigenvalue weighted by Crippen LogP contribution is 2.31. The van der Waals surface area contributed by atoms with E-state index in [-0.39, 0.29) is 37.2 Å². The molecule has 0 N–H and O–H groups in total. The molecule has 1 aromatic rings. The molecule has 29 heavy (non-hydrogen) atoms. The summed E-state index contributed by atoms with van der Waals surface area (Å²) in [5.74, 6) is 0.932. The van der Waals surface area contributed by atoms with Gasteiger partial charge in [-0.25, -0.2) is 0 Å². The van der Waals surface area contributed by atoms with Gasteiger partial charge in [0.2, 0.25) is 0 Å². The molecule has 3 rings (SSSR count). The summed E-state index contributed by atoms with van der Waals surface area (Å²) in [4.78, 5) is 38.3. The van der Waals surface area contributed by atoms with Gasteiger partial charge < -0.3 is 19.1 Å². The van der Waals surface area contributed by atoms with Crippen LogP contribution in [0, 0.1) is 5.92 Å². The van der Waals surface area contributed by atoms with Crippen molar-refractivity contribution in [1.29, 1.82) is 0 Å². The SMILES string of the molecule is CC1CCC(N(C)C(=O)COC(=O)CCC(=O)c2ccc3c(c2)OCCO3)CC1. The largest absolute Gasteiger partial charge is 0.486 e. The number of hydrogen-bond acceptors (Lipinski definition) is 6. The van der Waals surface area contributed by atoms with Gasteiger partial charge in [-0.1, -0.05) is 6.92 Å². The summed E-state index contributed by atoms with van der Waals surface area (Å²) in [5, 5.41) is 0. The molecular weight excluding hydrogens is 374 g/mol. The number of amides is 1. The van der Waals surface area contributed by atoms with Crippen LogP contribution < -0.4 is 9.47 Å². The highest BCUT2D eigenvalue weighted by atomic mass is 16.6. The summed E-state index contributed by atoms with van der Waals surface area (Å²) in [7, 11) is 1.77. The molecule has 1 aliphatic heterocycles. The van der Waals surface area contributed by atoms with E-state index in [4.69, 9.17) is 14.2 Å². The van der Waals surface area contributed by atoms with Crippen LogP contribution in [0.3, 0.4) is 0 Å². The first kappa shape index (κ1) is 21.1. The van der Waals surface area contributed by atoms with Crippen molar-refractivity contribution < 1.29 is 28.6 Å². The molecule has 1 aliphatic carbocycles. The van der Waals surface area contributed by atoms with Crippen LogP contribution in [0.25, 0.3) is 0 Å². The first-order valence-corrected chi connectivity index (χ1v) is 10.3. The summed E-state index contributed by atoms with van der Waals surface area (Å²) < 4.78 is 16.0. The lowest BCUT2D eigenvalue weighted by atomic mass is 9.87. The monoisotopic (exact) mass is 403 g/mol. The summed E-state index contributed by atoms with van der Waals surface area (Å²) in [6.07, 6.45) is 4.16. The van der Waals surface area contributed by atoms with Crippen molar-refractivity contribution >= 4 is 17.7 Å². The Kier molecular flexibility index (Phi) is 7.12. The van der Waals surface area contributed by atoms with E-state index in [0.29, 0.717) is 36.2 Å². The van der Waals surface area contributed by atoms with E-state index >= 15 is 0 Å². The number of Topliss-reactive ketones (excluding diaryl/α,β-unsaturated/α-hetero) is 1. The van der Waals surface area contributed by atoms with Gasteiger partial charge in [-0.05, 0) is 49.8 Å². The number of esters is 1. The van der Waals surface area contributed by atoms with Gasteiger partial charge in [0.25, 0.3) is 5.91 Å². The van der Waals surface area contributed by atoms with Gasteiger partial charge in [-0.2, -0.15) is 0 Å². The number of rotatable bonds is 7. The number of carbonyl (C=O) groups excluding carboxylic acids is 3. The Morgan fingerprint density at radius 3 is 2.45 bits per heavy atom. The van der Waals surface area contributed by atoms with Crippen molar-refractivity contribution in [2.45, 2.75) is 51.5 Å². The lowest BCUT2D eigenvalue weighted by Crippen LogP contribution is -2.41. The number of nitrogens with zero attached hydrogens (tertiary/aromatic N) is 1. The number of benzene rings is 1. The summed E-state index contributed by atoms with van der Waals surface area (Å²) in [6, 6.07) is 5.20. The van der Waals surface area contributed by atoms with E-state index in [1.807, 2.05) is 0 Å². The Bertz CT molecular complexity index is 754. The van der Waals surface area contributed by atoms with Gasteiger partial charge in [0.15, 0.2) is 23.9 Å². The van der Waals surface area contributed by atoms with E-state index in [0.717, 1.165) is 25.7 Å². The third-order valence-corrected chi connectivity index (χ3v) is 5.70. The van der Waals surface area contributed by atoms with Crippen molar-refractivity contribution in [1.82, 2.24) is 4.90 Å². The molecule has 2 aliphatic rings. The van der Waals surface area contributed by atoms with Crippen LogP contribution in [0.1, 0.15) is 55.8 Å². The Labute approximate surface area is 171 Å². The maximum atomic E-state index is 12.3. The number of hydrogen-bond donors (Lipinski definition) is 0. The molecule has 0 saturated heterocycles. The second kappa shape index (κ2) is 9.76. The first-order chi connectivity index (χ1) is 13.9. The fourth-order valence-electron chi connectivity index (χ4n) is 3.73. The fourth-order valence-corrected chi connectivity index (χ4v) is 3.73. The van der Waals surface area contributed by atoms with Crippen LogP contribution in [0.5, 0.6) is 11.5 Å². The zero-order chi connectivity index (χ0) is 20.8. The maximum absolute atomic E-state index is 12.3. The molecule has 0 bridgehead atoms. The molecule has 0 radical (unpaired) electrons. The topological polar surface area (TPSA) is 82.1 Å². The van der Waals surface area contributed by atoms with Gasteiger partial charge in [-0.15, -0.1) is 0 Å². The maximum Gasteiger partial charge on any atom is 0.306 e. The minimum absolute atomic E-state index is 0.0169. The number of ether oxygens (including phenoxy) is 3. The Balaban J connectivity index is 1.40. The molecule has 1 heterocycles. The van der Waals surface area contributed by atoms with Crippen LogP contribution in [-0.2, 0) is 14.3 Å². The van der Waals surface area contributed by atoms with Crippen LogP contribution in [-0.4, -0.2) is 55.5 Å². The molecule has 158 valence electrons. The lowest BCUT2D eigenvalue weighted by molar-refractivity contribution is -0.152. The molecule has 0 spiro atoms. The molecule has 7 nitrogen and oxygen atoms in total. The predicted octanol–water partition coefficient (Wildman–Crippen LogP) is 3.00. The van der Waals surface area contributed by atoms with Gasteiger partial charge in [0.05, 0.1) is 6.42 Å². The normalized spacial score (nSPS) is 20.6. The summed E-state index contributed by atoms with van der Waals surface area (Å²) in [6.45, 7) is 2.88. The van der Waals surface area contributed by atoms with E-state index in [1.54, 1.807) is 30.1 Å². The Hall–Kier alpha value is -2.57. The average molecular weight is 403 g/mol. The van der Waals surface area contributed by atoms with Crippen molar-refractivity contribution in [2.24, 2.45) is 5.92 Å². The van der Waals surface area contributed by atoms with Crippen LogP contribution in [0.4, 0.5) is 0 Å². The number of carbonyl (C=O) groups is 3. The van der Waals surface area contributed by atoms with Crippen molar-refractivity contribution in [3.8, 4) is 11.5 Å². The third kappa shape index (κ3) is 5.71. The standard InChI is InChI=1S/C22H29NO6/c1-15-3-6-17(7-4-15)23(2)21(25)14-29-22(26)10-8-18(24)16-5-9-19-20(13-16)28-12-11-27-19/h5,9,13,15,17H,3-4,6-8,10-12,14H2,1-2H3. The molecule has 0 aromatic heterocycles. The van der Waals surface area contributed by atoms with Crippen LogP contribution in [0.2, 0.25) is 0 Å². The molecule has 1 fully saturated rings. The third-order valence-electron chi connectivity index (χ3n) is 5.70. The predicted molar refractivity (Wildman–Crippen MR) is 106 cm³/mol. The zero-order valence-corrected chi connectivity index (χ0v) is 17.1. The van der Waals surface area contributed by atoms with Crippen molar-refractivity contribution in [3.05, 3.63) is 23.8 Å². The minimum atomic E-state index is -0.546. The first-order valence-electron chi connectivity index (χ1n) is 10.3. The van der Waals surface area contributed by atoms with Crippen LogP contribution in [0.15, 0.2) is 18.2 Å². The highest BCUT2D eigenvalue weighted by molar-refractivity contribution is 5.98. The molecule has 7 heteroatoms. The molecule has 1 aromatic carbocycles. The smallest absolute Gasteiger partial charge is 0.306 e. The Morgan fingerprint density at radius 1 is 1.03 bits per heavy atom. The van der Waals surface area contributed by atoms with Gasteiger partial charge in [-0.3, -0.25) is 14.4 Å². The Morgan fingerprint density at radius 2 is 1.72 bits per heavy atom. The van der Waals surface area contributed by atoms with Crippen molar-refractivity contribution in [2.75, 3.05) is 26.9 Å². The van der Waals surface area contributed by atoms with Crippen LogP contribution >= 0.6 is 0 Å². The second-order valence-corrected chi connectivity index (χ2v) is 7.86. The van der Waals surface area contributed by atoms with Gasteiger partial charge >= 0.3 is 5.97 Å². The van der Waals surface area contributed by atoms with E-state index in [2.05, 4.69) is 6.92 Å². The van der Waals surface area contributed by atoms with Gasteiger partial charge in [0, 0.05) is 25.1 Å². The van der Waals surface area contributed by atoms with E-state index in [9.17, 15) is 14.4 Å². The van der Waals surface area contributed by atoms with Gasteiger partial charge in [0.1, 0.15) is 13.2 Å². The molecule has 1 amide bonds. The quantitative estimate of drug-likeness (QED) is 0.514. The molecule has 0 unspecified atom stereocenters. The average Bonchev–Trinajstić information content (AvgIpc) is 2.75. The number of fused-ring (bicyclic) bond motifs is 1. The molecule has 1 saturated carbocycles. The number of ketones is 1. The summed E-state index contributed by atoms with van der Waals surface area (Å²) in [5.41, 5.74) is 0.462.